The molecule has 0 radical (unpaired) electrons. The van der Waals surface area contributed by atoms with Crippen LogP contribution in [0, 0.1) is 5.41 Å². The van der Waals surface area contributed by atoms with E-state index in [1.807, 2.05) is 0 Å². The van der Waals surface area contributed by atoms with E-state index in [1.165, 1.54) is 12.8 Å². The van der Waals surface area contributed by atoms with Gasteiger partial charge >= 0.3 is 0 Å². The molecule has 1 aliphatic heterocycles. The molecule has 1 aliphatic rings. The number of nitrogens with two attached hydrogens (primary N) is 1. The van der Waals surface area contributed by atoms with Crippen LogP contribution in [0.5, 0.6) is 0 Å². The predicted octanol–water partition coefficient (Wildman–Crippen LogP) is 2.19. The zero-order valence-corrected chi connectivity index (χ0v) is 15.7. The zero-order chi connectivity index (χ0) is 15.5. The number of carbonyl (C=O) groups is 1. The normalized spacial score (nSPS) is 21.6. The van der Waals surface area contributed by atoms with Crippen molar-refractivity contribution in [1.29, 1.82) is 0 Å². The van der Waals surface area contributed by atoms with E-state index in [4.69, 9.17) is 10.2 Å². The average molecular weight is 420 g/mol. The molecule has 1 atom stereocenters. The van der Waals surface area contributed by atoms with Crippen molar-refractivity contribution in [2.75, 3.05) is 20.1 Å². The first-order valence-electron chi connectivity index (χ1n) is 7.31. The fourth-order valence-corrected chi connectivity index (χ4v) is 2.60. The van der Waals surface area contributed by atoms with E-state index in [1.54, 1.807) is 19.2 Å². The minimum atomic E-state index is -0.552. The van der Waals surface area contributed by atoms with Crippen molar-refractivity contribution in [2.24, 2.45) is 16.1 Å². The lowest BCUT2D eigenvalue weighted by Crippen LogP contribution is -2.40. The highest BCUT2D eigenvalue weighted by atomic mass is 127. The van der Waals surface area contributed by atoms with Gasteiger partial charge in [-0.3, -0.25) is 9.79 Å². The highest BCUT2D eigenvalue weighted by molar-refractivity contribution is 14.0. The summed E-state index contributed by atoms with van der Waals surface area (Å²) in [5.41, 5.74) is 5.53. The van der Waals surface area contributed by atoms with Crippen LogP contribution in [0.1, 0.15) is 43.0 Å². The van der Waals surface area contributed by atoms with Gasteiger partial charge in [0.2, 0.25) is 0 Å². The monoisotopic (exact) mass is 420 g/mol. The number of aliphatic imine (C=N–C) groups is 1. The number of furan rings is 1. The number of primary amides is 1. The van der Waals surface area contributed by atoms with Crippen LogP contribution in [0.15, 0.2) is 21.5 Å². The summed E-state index contributed by atoms with van der Waals surface area (Å²) in [4.78, 5) is 17.6. The highest BCUT2D eigenvalue weighted by Crippen LogP contribution is 2.32. The van der Waals surface area contributed by atoms with Crippen molar-refractivity contribution in [2.45, 2.75) is 33.2 Å². The first-order chi connectivity index (χ1) is 9.97. The Morgan fingerprint density at radius 3 is 2.77 bits per heavy atom. The van der Waals surface area contributed by atoms with Crippen molar-refractivity contribution in [3.05, 3.63) is 23.7 Å². The number of guanidine groups is 1. The molecule has 124 valence electrons. The summed E-state index contributed by atoms with van der Waals surface area (Å²) in [5.74, 6) is 1.16. The maximum Gasteiger partial charge on any atom is 0.284 e. The Morgan fingerprint density at radius 2 is 2.27 bits per heavy atom. The summed E-state index contributed by atoms with van der Waals surface area (Å²) in [6, 6.07) is 3.34. The second-order valence-electron chi connectivity index (χ2n) is 5.87. The molecule has 0 spiro atoms. The van der Waals surface area contributed by atoms with Crippen molar-refractivity contribution in [3.63, 3.8) is 0 Å². The minimum absolute atomic E-state index is 0. The highest BCUT2D eigenvalue weighted by Gasteiger charge is 2.33. The Morgan fingerprint density at radius 1 is 1.55 bits per heavy atom. The third kappa shape index (κ3) is 4.37. The van der Waals surface area contributed by atoms with E-state index in [0.717, 1.165) is 19.0 Å². The van der Waals surface area contributed by atoms with E-state index in [-0.39, 0.29) is 29.7 Å². The number of hydrogen-bond donors (Lipinski definition) is 2. The van der Waals surface area contributed by atoms with Crippen LogP contribution >= 0.6 is 24.0 Å². The Bertz CT molecular complexity index is 543. The van der Waals surface area contributed by atoms with Crippen LogP contribution < -0.4 is 11.1 Å². The summed E-state index contributed by atoms with van der Waals surface area (Å²) in [5, 5.41) is 3.27. The Kier molecular flexibility index (Phi) is 6.70. The van der Waals surface area contributed by atoms with Crippen LogP contribution in [0.3, 0.4) is 0 Å². The molecule has 22 heavy (non-hydrogen) atoms. The van der Waals surface area contributed by atoms with E-state index >= 15 is 0 Å². The molecule has 2 rings (SSSR count). The van der Waals surface area contributed by atoms with Gasteiger partial charge in [0.15, 0.2) is 11.7 Å². The number of hydrogen-bond acceptors (Lipinski definition) is 3. The summed E-state index contributed by atoms with van der Waals surface area (Å²) in [6.07, 6.45) is 2.34. The Hall–Kier alpha value is -1.25. The zero-order valence-electron chi connectivity index (χ0n) is 13.4. The molecule has 0 bridgehead atoms. The van der Waals surface area contributed by atoms with Crippen LogP contribution in [0.4, 0.5) is 0 Å². The maximum atomic E-state index is 11.0. The predicted molar refractivity (Wildman–Crippen MR) is 97.4 cm³/mol. The number of likely N-dealkylation sites (tertiary alicyclic amines) is 1. The van der Waals surface area contributed by atoms with Crippen molar-refractivity contribution in [1.82, 2.24) is 10.2 Å². The van der Waals surface area contributed by atoms with Gasteiger partial charge in [0.1, 0.15) is 5.76 Å². The molecule has 3 N–H and O–H groups in total. The number of amides is 1. The lowest BCUT2D eigenvalue weighted by molar-refractivity contribution is 0.0972. The van der Waals surface area contributed by atoms with Crippen LogP contribution in [0.2, 0.25) is 0 Å². The molecule has 1 fully saturated rings. The van der Waals surface area contributed by atoms with Gasteiger partial charge in [0.05, 0.1) is 6.54 Å². The van der Waals surface area contributed by atoms with Gasteiger partial charge in [0.25, 0.3) is 5.91 Å². The van der Waals surface area contributed by atoms with E-state index in [9.17, 15) is 4.79 Å². The molecule has 6 nitrogen and oxygen atoms in total. The second-order valence-corrected chi connectivity index (χ2v) is 5.87. The third-order valence-electron chi connectivity index (χ3n) is 4.25. The lowest BCUT2D eigenvalue weighted by atomic mass is 9.87. The van der Waals surface area contributed by atoms with Crippen molar-refractivity contribution >= 4 is 35.8 Å². The van der Waals surface area contributed by atoms with E-state index in [2.05, 4.69) is 29.1 Å². The van der Waals surface area contributed by atoms with Gasteiger partial charge in [-0.05, 0) is 30.4 Å². The Labute approximate surface area is 148 Å². The van der Waals surface area contributed by atoms with E-state index in [0.29, 0.717) is 17.7 Å². The van der Waals surface area contributed by atoms with Gasteiger partial charge in [-0.1, -0.05) is 13.8 Å². The van der Waals surface area contributed by atoms with Gasteiger partial charge in [-0.25, -0.2) is 0 Å². The largest absolute Gasteiger partial charge is 0.454 e. The quantitative estimate of drug-likeness (QED) is 0.445. The first kappa shape index (κ1) is 18.8. The molecule has 0 aromatic carbocycles. The molecule has 1 aromatic rings. The fourth-order valence-electron chi connectivity index (χ4n) is 2.60. The second kappa shape index (κ2) is 7.85. The number of nitrogens with zero attached hydrogens (tertiary/aromatic N) is 2. The molecule has 1 amide bonds. The van der Waals surface area contributed by atoms with Crippen LogP contribution in [-0.2, 0) is 6.54 Å². The van der Waals surface area contributed by atoms with Gasteiger partial charge in [-0.2, -0.15) is 0 Å². The average Bonchev–Trinajstić information content (AvgIpc) is 3.08. The molecule has 2 heterocycles. The number of halogens is 1. The maximum absolute atomic E-state index is 11.0. The Balaban J connectivity index is 0.00000242. The lowest BCUT2D eigenvalue weighted by Gasteiger charge is -2.25. The minimum Gasteiger partial charge on any atom is -0.454 e. The topological polar surface area (TPSA) is 83.9 Å². The molecular weight excluding hydrogens is 395 g/mol. The summed E-state index contributed by atoms with van der Waals surface area (Å²) in [7, 11) is 1.78. The smallest absolute Gasteiger partial charge is 0.284 e. The molecule has 0 saturated carbocycles. The van der Waals surface area contributed by atoms with Gasteiger partial charge in [0, 0.05) is 20.1 Å². The fraction of sp³-hybridized carbons (Fsp3) is 0.600. The standard InChI is InChI=1S/C15H24N4O2.HI/c1-4-15(2)7-8-19(10-15)14(17-3)18-9-11-5-6-12(21-11)13(16)20;/h5-6H,4,7-10H2,1-3H3,(H2,16,20)(H,17,18);1H. The molecule has 0 aliphatic carbocycles. The van der Waals surface area contributed by atoms with Crippen LogP contribution in [0.25, 0.3) is 0 Å². The van der Waals surface area contributed by atoms with Crippen LogP contribution in [-0.4, -0.2) is 36.9 Å². The number of nitrogens with one attached hydrogen (secondary N) is 1. The number of rotatable bonds is 4. The van der Waals surface area contributed by atoms with Crippen molar-refractivity contribution in [3.8, 4) is 0 Å². The summed E-state index contributed by atoms with van der Waals surface area (Å²) in [6.45, 7) is 7.04. The summed E-state index contributed by atoms with van der Waals surface area (Å²) < 4.78 is 5.35. The van der Waals surface area contributed by atoms with Gasteiger partial charge < -0.3 is 20.4 Å². The van der Waals surface area contributed by atoms with Gasteiger partial charge in [-0.15, -0.1) is 24.0 Å². The first-order valence-corrected chi connectivity index (χ1v) is 7.31. The molecule has 7 heteroatoms. The SMILES string of the molecule is CCC1(C)CCN(C(=NC)NCc2ccc(C(N)=O)o2)C1.I. The number of carbonyl (C=O) groups excluding carboxylic acids is 1. The van der Waals surface area contributed by atoms with Crippen molar-refractivity contribution < 1.29 is 9.21 Å². The summed E-state index contributed by atoms with van der Waals surface area (Å²) >= 11 is 0. The molecular formula is C15H25IN4O2. The van der Waals surface area contributed by atoms with E-state index < -0.39 is 5.91 Å². The molecule has 1 unspecified atom stereocenters. The molecule has 1 aromatic heterocycles. The third-order valence-corrected chi connectivity index (χ3v) is 4.25. The molecule has 1 saturated heterocycles.